The van der Waals surface area contributed by atoms with Crippen LogP contribution >= 0.6 is 23.2 Å². The van der Waals surface area contributed by atoms with Crippen LogP contribution in [0.1, 0.15) is 30.9 Å². The number of benzene rings is 1. The summed E-state index contributed by atoms with van der Waals surface area (Å²) in [4.78, 5) is 24.6. The molecule has 0 bridgehead atoms. The summed E-state index contributed by atoms with van der Waals surface area (Å²) >= 11 is 11.9. The number of amides is 1. The van der Waals surface area contributed by atoms with Gasteiger partial charge in [0.2, 0.25) is 5.91 Å². The number of aliphatic carboxylic acids is 1. The van der Waals surface area contributed by atoms with E-state index in [1.165, 1.54) is 0 Å². The molecular formula is C14H16Cl2N2O3. The van der Waals surface area contributed by atoms with Crippen molar-refractivity contribution in [3.05, 3.63) is 33.8 Å². The topological polar surface area (TPSA) is 83.6 Å². The summed E-state index contributed by atoms with van der Waals surface area (Å²) in [6.45, 7) is 0.567. The van der Waals surface area contributed by atoms with Gasteiger partial charge in [-0.25, -0.2) is 0 Å². The van der Waals surface area contributed by atoms with Gasteiger partial charge in [-0.2, -0.15) is 0 Å². The number of carbonyl (C=O) groups excluding carboxylic acids is 1. The van der Waals surface area contributed by atoms with Crippen molar-refractivity contribution in [1.29, 1.82) is 0 Å². The second kappa shape index (κ2) is 6.64. The molecule has 3 N–H and O–H groups in total. The first kappa shape index (κ1) is 16.1. The highest BCUT2D eigenvalue weighted by molar-refractivity contribution is 6.42. The minimum absolute atomic E-state index is 0.132. The van der Waals surface area contributed by atoms with Gasteiger partial charge in [-0.1, -0.05) is 29.3 Å². The molecule has 0 saturated carbocycles. The van der Waals surface area contributed by atoms with Crippen molar-refractivity contribution in [2.24, 2.45) is 5.73 Å². The average molecular weight is 331 g/mol. The molecule has 2 rings (SSSR count). The first-order chi connectivity index (χ1) is 9.90. The van der Waals surface area contributed by atoms with Gasteiger partial charge in [-0.15, -0.1) is 0 Å². The van der Waals surface area contributed by atoms with Crippen molar-refractivity contribution < 1.29 is 14.7 Å². The third kappa shape index (κ3) is 3.67. The molecule has 0 aliphatic carbocycles. The van der Waals surface area contributed by atoms with Crippen LogP contribution in [0, 0.1) is 0 Å². The average Bonchev–Trinajstić information content (AvgIpc) is 2.89. The first-order valence-electron chi connectivity index (χ1n) is 6.63. The maximum Gasteiger partial charge on any atom is 0.305 e. The highest BCUT2D eigenvalue weighted by atomic mass is 35.5. The maximum absolute atomic E-state index is 12.3. The predicted molar refractivity (Wildman–Crippen MR) is 80.4 cm³/mol. The van der Waals surface area contributed by atoms with Crippen molar-refractivity contribution in [3.8, 4) is 0 Å². The monoisotopic (exact) mass is 330 g/mol. The number of carboxylic acid groups (broad SMARTS) is 1. The van der Waals surface area contributed by atoms with E-state index in [1.807, 2.05) is 6.07 Å². The summed E-state index contributed by atoms with van der Waals surface area (Å²) in [6.07, 6.45) is 1.27. The van der Waals surface area contributed by atoms with E-state index in [2.05, 4.69) is 0 Å². The van der Waals surface area contributed by atoms with Crippen molar-refractivity contribution in [1.82, 2.24) is 4.90 Å². The Morgan fingerprint density at radius 3 is 2.71 bits per heavy atom. The molecule has 0 aromatic heterocycles. The van der Waals surface area contributed by atoms with E-state index in [9.17, 15) is 9.59 Å². The number of hydrogen-bond acceptors (Lipinski definition) is 3. The fourth-order valence-corrected chi connectivity index (χ4v) is 2.89. The van der Waals surface area contributed by atoms with E-state index < -0.39 is 12.0 Å². The quantitative estimate of drug-likeness (QED) is 0.888. The third-order valence-electron chi connectivity index (χ3n) is 3.58. The van der Waals surface area contributed by atoms with Gasteiger partial charge in [0.1, 0.15) is 0 Å². The van der Waals surface area contributed by atoms with Crippen LogP contribution in [0.15, 0.2) is 18.2 Å². The van der Waals surface area contributed by atoms with Gasteiger partial charge < -0.3 is 15.7 Å². The molecule has 5 nitrogen and oxygen atoms in total. The highest BCUT2D eigenvalue weighted by Gasteiger charge is 2.33. The molecule has 1 fully saturated rings. The SMILES string of the molecule is NC(CC(=O)O)C(=O)N1CCCC1c1ccc(Cl)c(Cl)c1. The lowest BCUT2D eigenvalue weighted by atomic mass is 10.0. The smallest absolute Gasteiger partial charge is 0.305 e. The van der Waals surface area contributed by atoms with E-state index in [0.29, 0.717) is 16.6 Å². The number of carbonyl (C=O) groups is 2. The number of nitrogens with zero attached hydrogens (tertiary/aromatic N) is 1. The zero-order valence-electron chi connectivity index (χ0n) is 11.3. The van der Waals surface area contributed by atoms with Gasteiger partial charge in [0, 0.05) is 6.54 Å². The van der Waals surface area contributed by atoms with Crippen molar-refractivity contribution in [2.45, 2.75) is 31.3 Å². The molecule has 1 heterocycles. The van der Waals surface area contributed by atoms with Gasteiger partial charge in [0.15, 0.2) is 0 Å². The maximum atomic E-state index is 12.3. The van der Waals surface area contributed by atoms with Crippen LogP contribution in [0.5, 0.6) is 0 Å². The Balaban J connectivity index is 2.18. The summed E-state index contributed by atoms with van der Waals surface area (Å²) < 4.78 is 0. The number of halogens is 2. The van der Waals surface area contributed by atoms with Crippen molar-refractivity contribution >= 4 is 35.1 Å². The zero-order chi connectivity index (χ0) is 15.6. The Bertz CT molecular complexity index is 565. The van der Waals surface area contributed by atoms with Crippen LogP contribution in [0.3, 0.4) is 0 Å². The summed E-state index contributed by atoms with van der Waals surface area (Å²) in [5, 5.41) is 9.63. The summed E-state index contributed by atoms with van der Waals surface area (Å²) in [5.41, 5.74) is 6.56. The van der Waals surface area contributed by atoms with E-state index >= 15 is 0 Å². The molecule has 114 valence electrons. The molecule has 21 heavy (non-hydrogen) atoms. The molecule has 7 heteroatoms. The molecule has 0 radical (unpaired) electrons. The lowest BCUT2D eigenvalue weighted by molar-refractivity contribution is -0.142. The van der Waals surface area contributed by atoms with Gasteiger partial charge >= 0.3 is 5.97 Å². The molecule has 2 unspecified atom stereocenters. The Morgan fingerprint density at radius 2 is 2.10 bits per heavy atom. The van der Waals surface area contributed by atoms with Crippen LogP contribution in [-0.2, 0) is 9.59 Å². The summed E-state index contributed by atoms with van der Waals surface area (Å²) in [7, 11) is 0. The molecule has 1 aromatic carbocycles. The molecule has 1 saturated heterocycles. The summed E-state index contributed by atoms with van der Waals surface area (Å²) in [6, 6.07) is 4.10. The fraction of sp³-hybridized carbons (Fsp3) is 0.429. The Kier molecular flexibility index (Phi) is 5.08. The number of likely N-dealkylation sites (tertiary alicyclic amines) is 1. The molecular weight excluding hydrogens is 315 g/mol. The second-order valence-electron chi connectivity index (χ2n) is 5.07. The lowest BCUT2D eigenvalue weighted by Gasteiger charge is -2.27. The Morgan fingerprint density at radius 1 is 1.38 bits per heavy atom. The number of nitrogens with two attached hydrogens (primary N) is 1. The standard InChI is InChI=1S/C14H16Cl2N2O3/c15-9-4-3-8(6-10(9)16)12-2-1-5-18(12)14(21)11(17)7-13(19)20/h3-4,6,11-12H,1-2,5,7,17H2,(H,19,20). The Hall–Kier alpha value is -1.30. The Labute approximate surface area is 132 Å². The van der Waals surface area contributed by atoms with Crippen molar-refractivity contribution in [2.75, 3.05) is 6.54 Å². The van der Waals surface area contributed by atoms with E-state index in [0.717, 1.165) is 18.4 Å². The molecule has 2 atom stereocenters. The van der Waals surface area contributed by atoms with Crippen molar-refractivity contribution in [3.63, 3.8) is 0 Å². The van der Waals surface area contributed by atoms with Gasteiger partial charge in [-0.3, -0.25) is 9.59 Å². The zero-order valence-corrected chi connectivity index (χ0v) is 12.8. The largest absolute Gasteiger partial charge is 0.481 e. The van der Waals surface area contributed by atoms with Crippen LogP contribution < -0.4 is 5.73 Å². The van der Waals surface area contributed by atoms with Crippen LogP contribution in [0.2, 0.25) is 10.0 Å². The van der Waals surface area contributed by atoms with Gasteiger partial charge in [-0.05, 0) is 30.5 Å². The van der Waals surface area contributed by atoms with Crippen LogP contribution in [-0.4, -0.2) is 34.5 Å². The van der Waals surface area contributed by atoms with Gasteiger partial charge in [0.25, 0.3) is 0 Å². The number of hydrogen-bond donors (Lipinski definition) is 2. The summed E-state index contributed by atoms with van der Waals surface area (Å²) in [5.74, 6) is -1.42. The minimum Gasteiger partial charge on any atom is -0.481 e. The predicted octanol–water partition coefficient (Wildman–Crippen LogP) is 2.46. The fourth-order valence-electron chi connectivity index (χ4n) is 2.59. The van der Waals surface area contributed by atoms with E-state index in [-0.39, 0.29) is 18.4 Å². The second-order valence-corrected chi connectivity index (χ2v) is 5.88. The molecule has 1 aliphatic heterocycles. The van der Waals surface area contributed by atoms with Gasteiger partial charge in [0.05, 0.1) is 28.5 Å². The minimum atomic E-state index is -1.08. The number of carboxylic acids is 1. The third-order valence-corrected chi connectivity index (χ3v) is 4.32. The molecule has 1 amide bonds. The molecule has 1 aromatic rings. The highest BCUT2D eigenvalue weighted by Crippen LogP contribution is 2.35. The molecule has 0 spiro atoms. The number of rotatable bonds is 4. The van der Waals surface area contributed by atoms with Crippen LogP contribution in [0.25, 0.3) is 0 Å². The lowest BCUT2D eigenvalue weighted by Crippen LogP contribution is -2.44. The van der Waals surface area contributed by atoms with Crippen LogP contribution in [0.4, 0.5) is 0 Å². The normalized spacial score (nSPS) is 19.6. The van der Waals surface area contributed by atoms with E-state index in [1.54, 1.807) is 17.0 Å². The molecule has 1 aliphatic rings. The first-order valence-corrected chi connectivity index (χ1v) is 7.38. The van der Waals surface area contributed by atoms with E-state index in [4.69, 9.17) is 34.0 Å².